The van der Waals surface area contributed by atoms with E-state index in [-0.39, 0.29) is 0 Å². The summed E-state index contributed by atoms with van der Waals surface area (Å²) in [4.78, 5) is 8.70. The third-order valence-corrected chi connectivity index (χ3v) is 12.4. The first-order valence-electron chi connectivity index (χ1n) is 21.6. The highest BCUT2D eigenvalue weighted by Crippen LogP contribution is 2.41. The Morgan fingerprint density at radius 1 is 0.422 bits per heavy atom. The Morgan fingerprint density at radius 3 is 1.81 bits per heavy atom. The molecule has 0 aliphatic rings. The van der Waals surface area contributed by atoms with Gasteiger partial charge in [0.15, 0.2) is 5.58 Å². The molecule has 0 radical (unpaired) electrons. The van der Waals surface area contributed by atoms with Crippen LogP contribution in [0.3, 0.4) is 0 Å². The molecule has 300 valence electrons. The summed E-state index contributed by atoms with van der Waals surface area (Å²) in [5.41, 5.74) is 18.6. The van der Waals surface area contributed by atoms with Crippen molar-refractivity contribution in [2.45, 2.75) is 0 Å². The third kappa shape index (κ3) is 6.57. The Kier molecular flexibility index (Phi) is 9.12. The van der Waals surface area contributed by atoms with Gasteiger partial charge in [-0.15, -0.1) is 0 Å². The zero-order valence-corrected chi connectivity index (χ0v) is 34.8. The summed E-state index contributed by atoms with van der Waals surface area (Å²) in [7, 11) is 0. The van der Waals surface area contributed by atoms with Crippen LogP contribution in [0.25, 0.3) is 106 Å². The molecule has 0 spiro atoms. The van der Waals surface area contributed by atoms with Crippen LogP contribution in [0.2, 0.25) is 0 Å². The van der Waals surface area contributed by atoms with Gasteiger partial charge in [-0.1, -0.05) is 164 Å². The first-order chi connectivity index (χ1) is 31.7. The van der Waals surface area contributed by atoms with Crippen molar-refractivity contribution < 1.29 is 4.42 Å². The maximum atomic E-state index is 6.60. The van der Waals surface area contributed by atoms with Gasteiger partial charge in [-0.25, -0.2) is 0 Å². The van der Waals surface area contributed by atoms with Crippen LogP contribution in [0, 0.1) is 0 Å². The SMILES string of the molecule is C(=C(c1ccc(-c2cccnc2)cc1)c1ccccc1-c1cccc(-c2ccc3c4ccccc4n(-c4cccc5c4oc4ccccc45)c3c2)c1)c1ccc(-c2cccnc2)cc1. The Hall–Kier alpha value is -8.60. The van der Waals surface area contributed by atoms with Crippen molar-refractivity contribution in [3.63, 3.8) is 0 Å². The molecule has 4 aromatic heterocycles. The van der Waals surface area contributed by atoms with E-state index in [9.17, 15) is 0 Å². The second kappa shape index (κ2) is 15.7. The van der Waals surface area contributed by atoms with Crippen LogP contribution in [0.15, 0.2) is 235 Å². The Balaban J connectivity index is 0.981. The molecule has 0 N–H and O–H groups in total. The average Bonchev–Trinajstić information content (AvgIpc) is 3.92. The maximum absolute atomic E-state index is 6.60. The number of rotatable bonds is 8. The van der Waals surface area contributed by atoms with Gasteiger partial charge in [0.1, 0.15) is 5.58 Å². The normalized spacial score (nSPS) is 11.8. The van der Waals surface area contributed by atoms with E-state index in [0.29, 0.717) is 0 Å². The van der Waals surface area contributed by atoms with Crippen LogP contribution in [0.4, 0.5) is 0 Å². The van der Waals surface area contributed by atoms with Gasteiger partial charge in [0, 0.05) is 46.3 Å². The molecule has 0 saturated carbocycles. The standard InChI is InChI=1S/C60H39N3O/c1-2-16-50(55(43-29-27-42(28-30-43)48-14-10-34-62-39-48)35-40-23-25-41(26-24-40)47-13-9-33-61-38-47)49(15-1)46-12-7-11-44(36-46)45-31-32-52-51-17-3-5-20-56(51)63(58(52)37-45)57-21-8-19-54-53-18-4-6-22-59(53)64-60(54)57/h1-39H. The molecule has 12 aromatic rings. The first kappa shape index (κ1) is 37.2. The topological polar surface area (TPSA) is 43.9 Å². The second-order valence-electron chi connectivity index (χ2n) is 16.2. The summed E-state index contributed by atoms with van der Waals surface area (Å²) in [5, 5.41) is 4.64. The molecular weight excluding hydrogens is 779 g/mol. The molecule has 0 fully saturated rings. The smallest absolute Gasteiger partial charge is 0.159 e. The number of fused-ring (bicyclic) bond motifs is 6. The number of pyridine rings is 2. The monoisotopic (exact) mass is 817 g/mol. The van der Waals surface area contributed by atoms with E-state index in [1.165, 1.54) is 10.8 Å². The quantitative estimate of drug-likeness (QED) is 0.143. The van der Waals surface area contributed by atoms with Crippen molar-refractivity contribution in [2.75, 3.05) is 0 Å². The van der Waals surface area contributed by atoms with Gasteiger partial charge < -0.3 is 8.98 Å². The zero-order chi connectivity index (χ0) is 42.4. The highest BCUT2D eigenvalue weighted by Gasteiger charge is 2.19. The first-order valence-corrected chi connectivity index (χ1v) is 21.6. The molecule has 0 atom stereocenters. The average molecular weight is 818 g/mol. The minimum atomic E-state index is 0.885. The molecule has 0 amide bonds. The predicted octanol–water partition coefficient (Wildman–Crippen LogP) is 15.7. The lowest BCUT2D eigenvalue weighted by Crippen LogP contribution is -1.95. The van der Waals surface area contributed by atoms with E-state index in [0.717, 1.165) is 105 Å². The van der Waals surface area contributed by atoms with E-state index >= 15 is 0 Å². The Labute approximate surface area is 370 Å². The van der Waals surface area contributed by atoms with E-state index in [2.05, 4.69) is 203 Å². The summed E-state index contributed by atoms with van der Waals surface area (Å²) >= 11 is 0. The van der Waals surface area contributed by atoms with Crippen molar-refractivity contribution in [3.05, 3.63) is 248 Å². The zero-order valence-electron chi connectivity index (χ0n) is 34.8. The van der Waals surface area contributed by atoms with Crippen molar-refractivity contribution in [1.82, 2.24) is 14.5 Å². The van der Waals surface area contributed by atoms with Gasteiger partial charge in [-0.05, 0) is 115 Å². The largest absolute Gasteiger partial charge is 0.454 e. The third-order valence-electron chi connectivity index (χ3n) is 12.4. The van der Waals surface area contributed by atoms with Gasteiger partial charge in [-0.2, -0.15) is 0 Å². The number of hydrogen-bond acceptors (Lipinski definition) is 3. The lowest BCUT2D eigenvalue weighted by atomic mass is 9.88. The van der Waals surface area contributed by atoms with E-state index < -0.39 is 0 Å². The molecule has 0 saturated heterocycles. The number of furan rings is 1. The fourth-order valence-electron chi connectivity index (χ4n) is 9.32. The molecule has 4 nitrogen and oxygen atoms in total. The fourth-order valence-corrected chi connectivity index (χ4v) is 9.32. The number of aromatic nitrogens is 3. The molecule has 0 aliphatic heterocycles. The van der Waals surface area contributed by atoms with Crippen LogP contribution in [0.1, 0.15) is 16.7 Å². The number of nitrogens with zero attached hydrogens (tertiary/aromatic N) is 3. The molecule has 12 rings (SSSR count). The highest BCUT2D eigenvalue weighted by atomic mass is 16.3. The van der Waals surface area contributed by atoms with E-state index in [1.807, 2.05) is 49.1 Å². The number of hydrogen-bond donors (Lipinski definition) is 0. The predicted molar refractivity (Wildman–Crippen MR) is 265 cm³/mol. The minimum Gasteiger partial charge on any atom is -0.454 e. The van der Waals surface area contributed by atoms with Crippen molar-refractivity contribution in [2.24, 2.45) is 0 Å². The summed E-state index contributed by atoms with van der Waals surface area (Å²) in [6, 6.07) is 73.8. The van der Waals surface area contributed by atoms with Crippen molar-refractivity contribution in [1.29, 1.82) is 0 Å². The van der Waals surface area contributed by atoms with Crippen molar-refractivity contribution in [3.8, 4) is 50.2 Å². The van der Waals surface area contributed by atoms with Crippen LogP contribution < -0.4 is 0 Å². The molecule has 4 heterocycles. The van der Waals surface area contributed by atoms with E-state index in [1.54, 1.807) is 0 Å². The summed E-state index contributed by atoms with van der Waals surface area (Å²) < 4.78 is 8.98. The molecular formula is C60H39N3O. The molecule has 0 aliphatic carbocycles. The van der Waals surface area contributed by atoms with Gasteiger partial charge >= 0.3 is 0 Å². The van der Waals surface area contributed by atoms with Gasteiger partial charge in [0.25, 0.3) is 0 Å². The number of benzene rings is 8. The summed E-state index contributed by atoms with van der Waals surface area (Å²) in [5.74, 6) is 0. The van der Waals surface area contributed by atoms with Crippen molar-refractivity contribution >= 4 is 55.4 Å². The minimum absolute atomic E-state index is 0.885. The number of para-hydroxylation sites is 3. The lowest BCUT2D eigenvalue weighted by Gasteiger charge is -2.16. The molecule has 0 unspecified atom stereocenters. The van der Waals surface area contributed by atoms with Gasteiger partial charge in [-0.3, -0.25) is 9.97 Å². The van der Waals surface area contributed by atoms with Crippen LogP contribution in [-0.4, -0.2) is 14.5 Å². The lowest BCUT2D eigenvalue weighted by molar-refractivity contribution is 0.666. The summed E-state index contributed by atoms with van der Waals surface area (Å²) in [6.07, 6.45) is 9.75. The maximum Gasteiger partial charge on any atom is 0.159 e. The fraction of sp³-hybridized carbons (Fsp3) is 0. The van der Waals surface area contributed by atoms with E-state index in [4.69, 9.17) is 4.42 Å². The Morgan fingerprint density at radius 2 is 1.03 bits per heavy atom. The Bertz CT molecular complexity index is 3690. The molecule has 8 aromatic carbocycles. The highest BCUT2D eigenvalue weighted by molar-refractivity contribution is 6.13. The van der Waals surface area contributed by atoms with Crippen LogP contribution in [0.5, 0.6) is 0 Å². The van der Waals surface area contributed by atoms with Gasteiger partial charge in [0.2, 0.25) is 0 Å². The second-order valence-corrected chi connectivity index (χ2v) is 16.2. The van der Waals surface area contributed by atoms with Crippen LogP contribution in [-0.2, 0) is 0 Å². The summed E-state index contributed by atoms with van der Waals surface area (Å²) in [6.45, 7) is 0. The molecule has 0 bridgehead atoms. The van der Waals surface area contributed by atoms with Gasteiger partial charge in [0.05, 0.1) is 16.7 Å². The van der Waals surface area contributed by atoms with Crippen LogP contribution >= 0.6 is 0 Å². The molecule has 64 heavy (non-hydrogen) atoms. The molecule has 4 heteroatoms.